The molecule has 192 valence electrons. The number of aromatic nitrogens is 2. The predicted molar refractivity (Wildman–Crippen MR) is 141 cm³/mol. The van der Waals surface area contributed by atoms with Gasteiger partial charge in [-0.25, -0.2) is 22.8 Å². The Balaban J connectivity index is 1.57. The third-order valence-electron chi connectivity index (χ3n) is 6.69. The fourth-order valence-electron chi connectivity index (χ4n) is 4.66. The SMILES string of the molecule is Cc1nc(C)c(Cc2cccc(F)c2)c(N2CCCN(S(=O)(=O)c3ccc(C(C)(C)C)cc3)CC2)n1. The molecule has 0 saturated carbocycles. The van der Waals surface area contributed by atoms with Crippen molar-refractivity contribution in [1.82, 2.24) is 14.3 Å². The van der Waals surface area contributed by atoms with Crippen LogP contribution in [0.15, 0.2) is 53.4 Å². The van der Waals surface area contributed by atoms with E-state index in [9.17, 15) is 12.8 Å². The summed E-state index contributed by atoms with van der Waals surface area (Å²) in [6, 6.07) is 13.8. The molecule has 0 atom stereocenters. The minimum Gasteiger partial charge on any atom is -0.355 e. The van der Waals surface area contributed by atoms with Gasteiger partial charge in [0.2, 0.25) is 10.0 Å². The molecule has 0 spiro atoms. The molecular formula is C28H35FN4O2S. The second kappa shape index (κ2) is 10.3. The third kappa shape index (κ3) is 5.76. The molecule has 2 aromatic carbocycles. The first-order chi connectivity index (χ1) is 16.9. The lowest BCUT2D eigenvalue weighted by molar-refractivity contribution is 0.433. The van der Waals surface area contributed by atoms with E-state index >= 15 is 0 Å². The van der Waals surface area contributed by atoms with Crippen LogP contribution in [-0.2, 0) is 21.9 Å². The van der Waals surface area contributed by atoms with Crippen LogP contribution in [0.2, 0.25) is 0 Å². The number of sulfonamides is 1. The summed E-state index contributed by atoms with van der Waals surface area (Å²) in [4.78, 5) is 11.8. The Morgan fingerprint density at radius 2 is 1.67 bits per heavy atom. The van der Waals surface area contributed by atoms with E-state index in [0.717, 1.165) is 28.2 Å². The van der Waals surface area contributed by atoms with E-state index in [1.54, 1.807) is 22.5 Å². The summed E-state index contributed by atoms with van der Waals surface area (Å²) in [7, 11) is -3.60. The van der Waals surface area contributed by atoms with Gasteiger partial charge in [0.15, 0.2) is 0 Å². The van der Waals surface area contributed by atoms with Crippen molar-refractivity contribution in [1.29, 1.82) is 0 Å². The number of hydrogen-bond donors (Lipinski definition) is 0. The molecule has 0 aliphatic carbocycles. The van der Waals surface area contributed by atoms with Gasteiger partial charge in [-0.15, -0.1) is 0 Å². The Morgan fingerprint density at radius 3 is 2.33 bits per heavy atom. The molecule has 8 heteroatoms. The second-order valence-electron chi connectivity index (χ2n) is 10.5. The van der Waals surface area contributed by atoms with Crippen LogP contribution >= 0.6 is 0 Å². The molecule has 1 aromatic heterocycles. The van der Waals surface area contributed by atoms with Crippen molar-refractivity contribution in [3.63, 3.8) is 0 Å². The normalized spacial score (nSPS) is 15.7. The molecule has 4 rings (SSSR count). The number of halogens is 1. The fraction of sp³-hybridized carbons (Fsp3) is 0.429. The fourth-order valence-corrected chi connectivity index (χ4v) is 6.13. The quantitative estimate of drug-likeness (QED) is 0.482. The lowest BCUT2D eigenvalue weighted by Crippen LogP contribution is -2.35. The van der Waals surface area contributed by atoms with Gasteiger partial charge in [0, 0.05) is 43.9 Å². The number of benzene rings is 2. The molecule has 0 N–H and O–H groups in total. The first-order valence-electron chi connectivity index (χ1n) is 12.4. The van der Waals surface area contributed by atoms with Crippen LogP contribution in [0.1, 0.15) is 55.4 Å². The standard InChI is InChI=1S/C28H35FN4O2S/c1-20-26(19-22-8-6-9-24(29)18-22)27(31-21(2)30-20)32-14-7-15-33(17-16-32)36(34,35)25-12-10-23(11-13-25)28(3,4)5/h6,8-13,18H,7,14-17,19H2,1-5H3. The average molecular weight is 511 g/mol. The lowest BCUT2D eigenvalue weighted by atomic mass is 9.87. The van der Waals surface area contributed by atoms with Crippen LogP contribution in [-0.4, -0.2) is 48.9 Å². The maximum Gasteiger partial charge on any atom is 0.243 e. The summed E-state index contributed by atoms with van der Waals surface area (Å²) in [5, 5.41) is 0. The lowest BCUT2D eigenvalue weighted by Gasteiger charge is -2.26. The van der Waals surface area contributed by atoms with E-state index in [-0.39, 0.29) is 11.2 Å². The van der Waals surface area contributed by atoms with Crippen molar-refractivity contribution in [2.45, 2.75) is 57.8 Å². The van der Waals surface area contributed by atoms with Gasteiger partial charge in [0.05, 0.1) is 4.90 Å². The summed E-state index contributed by atoms with van der Waals surface area (Å²) in [5.41, 5.74) is 3.71. The van der Waals surface area contributed by atoms with Crippen LogP contribution in [0.5, 0.6) is 0 Å². The van der Waals surface area contributed by atoms with Crippen LogP contribution in [0, 0.1) is 19.7 Å². The smallest absolute Gasteiger partial charge is 0.243 e. The summed E-state index contributed by atoms with van der Waals surface area (Å²) in [6.07, 6.45) is 1.19. The van der Waals surface area contributed by atoms with Crippen molar-refractivity contribution < 1.29 is 12.8 Å². The Kier molecular flexibility index (Phi) is 7.48. The summed E-state index contributed by atoms with van der Waals surface area (Å²) in [6.45, 7) is 12.2. The first kappa shape index (κ1) is 26.2. The van der Waals surface area contributed by atoms with Gasteiger partial charge < -0.3 is 4.90 Å². The van der Waals surface area contributed by atoms with E-state index in [0.29, 0.717) is 49.7 Å². The van der Waals surface area contributed by atoms with Gasteiger partial charge in [-0.2, -0.15) is 4.31 Å². The van der Waals surface area contributed by atoms with Crippen LogP contribution in [0.25, 0.3) is 0 Å². The maximum absolute atomic E-state index is 13.8. The monoisotopic (exact) mass is 510 g/mol. The highest BCUT2D eigenvalue weighted by molar-refractivity contribution is 7.89. The molecule has 2 heterocycles. The van der Waals surface area contributed by atoms with Crippen molar-refractivity contribution in [3.8, 4) is 0 Å². The largest absolute Gasteiger partial charge is 0.355 e. The van der Waals surface area contributed by atoms with Crippen LogP contribution < -0.4 is 4.90 Å². The van der Waals surface area contributed by atoms with Gasteiger partial charge in [-0.05, 0) is 61.1 Å². The van der Waals surface area contributed by atoms with Crippen molar-refractivity contribution in [2.75, 3.05) is 31.1 Å². The van der Waals surface area contributed by atoms with E-state index in [2.05, 4.69) is 30.7 Å². The molecule has 1 aliphatic heterocycles. The number of rotatable bonds is 5. The zero-order valence-electron chi connectivity index (χ0n) is 21.8. The first-order valence-corrected chi connectivity index (χ1v) is 13.8. The molecule has 6 nitrogen and oxygen atoms in total. The highest BCUT2D eigenvalue weighted by atomic mass is 32.2. The minimum atomic E-state index is -3.60. The maximum atomic E-state index is 13.8. The molecule has 1 fully saturated rings. The van der Waals surface area contributed by atoms with Crippen molar-refractivity contribution >= 4 is 15.8 Å². The highest BCUT2D eigenvalue weighted by Gasteiger charge is 2.29. The molecule has 0 radical (unpaired) electrons. The van der Waals surface area contributed by atoms with Gasteiger partial charge in [-0.1, -0.05) is 45.0 Å². The number of nitrogens with zero attached hydrogens (tertiary/aromatic N) is 4. The molecule has 1 saturated heterocycles. The number of aryl methyl sites for hydroxylation is 2. The molecule has 3 aromatic rings. The van der Waals surface area contributed by atoms with E-state index < -0.39 is 10.0 Å². The van der Waals surface area contributed by atoms with Crippen LogP contribution in [0.4, 0.5) is 10.2 Å². The van der Waals surface area contributed by atoms with Gasteiger partial charge in [0.1, 0.15) is 17.5 Å². The second-order valence-corrected chi connectivity index (χ2v) is 12.4. The van der Waals surface area contributed by atoms with Crippen LogP contribution in [0.3, 0.4) is 0 Å². The van der Waals surface area contributed by atoms with Gasteiger partial charge in [0.25, 0.3) is 0 Å². The molecule has 0 amide bonds. The zero-order valence-corrected chi connectivity index (χ0v) is 22.6. The van der Waals surface area contributed by atoms with E-state index in [1.165, 1.54) is 12.1 Å². The Bertz CT molecular complexity index is 1330. The number of anilines is 1. The molecule has 0 unspecified atom stereocenters. The van der Waals surface area contributed by atoms with Crippen molar-refractivity contribution in [2.24, 2.45) is 0 Å². The third-order valence-corrected chi connectivity index (χ3v) is 8.60. The molecule has 36 heavy (non-hydrogen) atoms. The van der Waals surface area contributed by atoms with Gasteiger partial charge >= 0.3 is 0 Å². The van der Waals surface area contributed by atoms with Gasteiger partial charge in [-0.3, -0.25) is 0 Å². The zero-order chi connectivity index (χ0) is 26.1. The summed E-state index contributed by atoms with van der Waals surface area (Å²) in [5.74, 6) is 1.20. The summed E-state index contributed by atoms with van der Waals surface area (Å²) >= 11 is 0. The van der Waals surface area contributed by atoms with Crippen molar-refractivity contribution in [3.05, 3.63) is 82.6 Å². The molecule has 0 bridgehead atoms. The number of hydrogen-bond acceptors (Lipinski definition) is 5. The Hall–Kier alpha value is -2.84. The topological polar surface area (TPSA) is 66.4 Å². The average Bonchev–Trinajstić information content (AvgIpc) is 3.07. The van der Waals surface area contributed by atoms with E-state index in [4.69, 9.17) is 4.98 Å². The molecular weight excluding hydrogens is 475 g/mol. The summed E-state index contributed by atoms with van der Waals surface area (Å²) < 4.78 is 42.3. The molecule has 1 aliphatic rings. The highest BCUT2D eigenvalue weighted by Crippen LogP contribution is 2.28. The Morgan fingerprint density at radius 1 is 0.944 bits per heavy atom. The minimum absolute atomic E-state index is 0.0393. The Labute approximate surface area is 214 Å². The van der Waals surface area contributed by atoms with E-state index in [1.807, 2.05) is 32.0 Å². The predicted octanol–water partition coefficient (Wildman–Crippen LogP) is 5.02.